The zero-order valence-corrected chi connectivity index (χ0v) is 23.4. The van der Waals surface area contributed by atoms with Crippen LogP contribution in [0.5, 0.6) is 0 Å². The maximum absolute atomic E-state index is 13.4. The van der Waals surface area contributed by atoms with Crippen LogP contribution in [0.1, 0.15) is 54.9 Å². The van der Waals surface area contributed by atoms with Gasteiger partial charge < -0.3 is 9.80 Å². The molecule has 1 amide bonds. The van der Waals surface area contributed by atoms with Gasteiger partial charge in [-0.1, -0.05) is 61.9 Å². The third-order valence-corrected chi connectivity index (χ3v) is 6.88. The van der Waals surface area contributed by atoms with Gasteiger partial charge >= 0.3 is 0 Å². The van der Waals surface area contributed by atoms with E-state index in [-0.39, 0.29) is 50.3 Å². The number of nitrogens with one attached hydrogen (secondary N) is 1. The monoisotopic (exact) mass is 524 g/mol. The van der Waals surface area contributed by atoms with Crippen LogP contribution < -0.4 is 5.32 Å². The first kappa shape index (κ1) is 27.9. The molecule has 2 atom stereocenters. The number of carbonyl (C=O) groups excluding carboxylic acids is 2. The molecule has 0 aromatic heterocycles. The molecular formula is C28H39N2O2Y+. The summed E-state index contributed by atoms with van der Waals surface area (Å²) in [5.74, 6) is 0.415. The molecule has 2 unspecified atom stereocenters. The van der Waals surface area contributed by atoms with Gasteiger partial charge in [-0.15, -0.1) is 0 Å². The number of unbranched alkanes of at least 4 members (excludes halogenated alkanes) is 1. The van der Waals surface area contributed by atoms with E-state index in [0.717, 1.165) is 57.4 Å². The molecule has 0 saturated carbocycles. The third-order valence-electron chi connectivity index (χ3n) is 6.88. The van der Waals surface area contributed by atoms with E-state index >= 15 is 0 Å². The van der Waals surface area contributed by atoms with Gasteiger partial charge in [0.15, 0.2) is 5.78 Å². The number of nitrogens with zero attached hydrogens (tertiary/aromatic N) is 1. The molecule has 2 aromatic carbocycles. The second kappa shape index (κ2) is 13.5. The van der Waals surface area contributed by atoms with Gasteiger partial charge in [0.2, 0.25) is 5.91 Å². The number of piperidine rings is 1. The van der Waals surface area contributed by atoms with Crippen LogP contribution in [0.15, 0.2) is 48.5 Å². The summed E-state index contributed by atoms with van der Waals surface area (Å²) < 4.78 is 0.680. The van der Waals surface area contributed by atoms with Crippen molar-refractivity contribution in [3.8, 4) is 0 Å². The average molecular weight is 525 g/mol. The van der Waals surface area contributed by atoms with E-state index in [2.05, 4.69) is 68.6 Å². The Bertz CT molecular complexity index is 895. The molecule has 1 fully saturated rings. The molecule has 2 aromatic rings. The normalized spacial score (nSPS) is 20.0. The van der Waals surface area contributed by atoms with Crippen LogP contribution in [-0.4, -0.2) is 42.4 Å². The van der Waals surface area contributed by atoms with Crippen molar-refractivity contribution in [3.63, 3.8) is 0 Å². The number of hydrogen-bond acceptors (Lipinski definition) is 2. The van der Waals surface area contributed by atoms with E-state index < -0.39 is 0 Å². The number of amides is 1. The molecule has 0 bridgehead atoms. The maximum Gasteiger partial charge on any atom is 0.228 e. The molecule has 1 aliphatic heterocycles. The number of quaternary nitrogens is 1. The van der Waals surface area contributed by atoms with E-state index in [0.29, 0.717) is 17.4 Å². The van der Waals surface area contributed by atoms with Crippen LogP contribution in [-0.2, 0) is 55.3 Å². The number of carbonyl (C=O) groups is 2. The first-order chi connectivity index (χ1) is 15.4. The van der Waals surface area contributed by atoms with Gasteiger partial charge in [-0.25, -0.2) is 0 Å². The molecular weight excluding hydrogens is 485 g/mol. The second-order valence-corrected chi connectivity index (χ2v) is 9.62. The molecule has 0 spiro atoms. The number of benzene rings is 2. The molecule has 33 heavy (non-hydrogen) atoms. The summed E-state index contributed by atoms with van der Waals surface area (Å²) in [4.78, 5) is 26.2. The topological polar surface area (TPSA) is 46.2 Å². The fraction of sp³-hybridized carbons (Fsp3) is 0.500. The van der Waals surface area contributed by atoms with E-state index in [1.807, 2.05) is 6.07 Å². The Morgan fingerprint density at radius 2 is 1.73 bits per heavy atom. The van der Waals surface area contributed by atoms with Gasteiger partial charge in [0.1, 0.15) is 13.1 Å². The van der Waals surface area contributed by atoms with Crippen molar-refractivity contribution in [1.82, 2.24) is 5.32 Å². The summed E-state index contributed by atoms with van der Waals surface area (Å²) in [5.41, 5.74) is 4.75. The Labute approximate surface area is 225 Å². The SMILES string of the molecule is CCCCNC(=O)C1CCC[N+](CC(=O)Cc2c(C)cccc2C)(Cc2ccccc2)C1.[Y]. The average Bonchev–Trinajstić information content (AvgIpc) is 2.77. The Balaban J connectivity index is 0.00000385. The van der Waals surface area contributed by atoms with E-state index in [4.69, 9.17) is 0 Å². The smallest absolute Gasteiger partial charge is 0.228 e. The van der Waals surface area contributed by atoms with Gasteiger partial charge in [-0.05, 0) is 49.8 Å². The quantitative estimate of drug-likeness (QED) is 0.360. The summed E-state index contributed by atoms with van der Waals surface area (Å²) in [6, 6.07) is 16.6. The van der Waals surface area contributed by atoms with Crippen molar-refractivity contribution < 1.29 is 46.8 Å². The van der Waals surface area contributed by atoms with Gasteiger partial charge in [-0.2, -0.15) is 0 Å². The molecule has 4 nitrogen and oxygen atoms in total. The summed E-state index contributed by atoms with van der Waals surface area (Å²) in [6.45, 7) is 10.0. The number of hydrogen-bond donors (Lipinski definition) is 1. The summed E-state index contributed by atoms with van der Waals surface area (Å²) >= 11 is 0. The number of aryl methyl sites for hydroxylation is 2. The zero-order valence-electron chi connectivity index (χ0n) is 20.6. The minimum Gasteiger partial charge on any atom is -0.356 e. The molecule has 1 N–H and O–H groups in total. The standard InChI is InChI=1S/C28H38N2O2.Y/c1-4-5-16-29-28(32)25-15-10-17-30(20-25,19-24-13-7-6-8-14-24)21-26(31)18-27-22(2)11-9-12-23(27)3;/h6-9,11-14,25H,4-5,10,15-21H2,1-3H3;/p+1. The summed E-state index contributed by atoms with van der Waals surface area (Å²) in [6.07, 6.45) is 4.45. The minimum atomic E-state index is -0.0164. The molecule has 5 heteroatoms. The van der Waals surface area contributed by atoms with E-state index in [9.17, 15) is 9.59 Å². The molecule has 0 aliphatic carbocycles. The zero-order chi connectivity index (χ0) is 23.0. The van der Waals surface area contributed by atoms with Crippen LogP contribution in [0.25, 0.3) is 0 Å². The van der Waals surface area contributed by atoms with E-state index in [1.54, 1.807) is 0 Å². The molecule has 1 radical (unpaired) electrons. The number of Topliss-reactive ketones (excluding diaryl/α,β-unsaturated/α-hetero) is 1. The molecule has 1 saturated heterocycles. The van der Waals surface area contributed by atoms with Crippen molar-refractivity contribution >= 4 is 11.7 Å². The fourth-order valence-corrected chi connectivity index (χ4v) is 5.14. The van der Waals surface area contributed by atoms with Crippen molar-refractivity contribution in [2.45, 2.75) is 59.4 Å². The van der Waals surface area contributed by atoms with Crippen LogP contribution in [0.2, 0.25) is 0 Å². The Hall–Kier alpha value is -1.36. The Kier molecular flexibility index (Phi) is 11.4. The largest absolute Gasteiger partial charge is 0.356 e. The molecule has 1 aliphatic rings. The van der Waals surface area contributed by atoms with Crippen molar-refractivity contribution in [2.24, 2.45) is 5.92 Å². The van der Waals surface area contributed by atoms with Gasteiger partial charge in [0, 0.05) is 51.2 Å². The summed E-state index contributed by atoms with van der Waals surface area (Å²) in [5, 5.41) is 3.13. The van der Waals surface area contributed by atoms with Crippen molar-refractivity contribution in [1.29, 1.82) is 0 Å². The molecule has 175 valence electrons. The van der Waals surface area contributed by atoms with Gasteiger partial charge in [-0.3, -0.25) is 9.59 Å². The number of ketones is 1. The number of rotatable bonds is 10. The van der Waals surface area contributed by atoms with Crippen LogP contribution in [0.4, 0.5) is 0 Å². The fourth-order valence-electron chi connectivity index (χ4n) is 5.14. The predicted molar refractivity (Wildman–Crippen MR) is 130 cm³/mol. The predicted octanol–water partition coefficient (Wildman–Crippen LogP) is 4.76. The van der Waals surface area contributed by atoms with E-state index in [1.165, 1.54) is 16.7 Å². The number of likely N-dealkylation sites (tertiary alicyclic amines) is 1. The van der Waals surface area contributed by atoms with Crippen molar-refractivity contribution in [2.75, 3.05) is 26.2 Å². The molecule has 1 heterocycles. The van der Waals surface area contributed by atoms with Crippen LogP contribution >= 0.6 is 0 Å². The second-order valence-electron chi connectivity index (χ2n) is 9.62. The molecule has 3 rings (SSSR count). The first-order valence-corrected chi connectivity index (χ1v) is 12.2. The van der Waals surface area contributed by atoms with Crippen LogP contribution in [0, 0.1) is 19.8 Å². The Morgan fingerprint density at radius 3 is 2.39 bits per heavy atom. The van der Waals surface area contributed by atoms with Crippen LogP contribution in [0.3, 0.4) is 0 Å². The van der Waals surface area contributed by atoms with Gasteiger partial charge in [0.25, 0.3) is 0 Å². The first-order valence-electron chi connectivity index (χ1n) is 12.2. The van der Waals surface area contributed by atoms with Gasteiger partial charge in [0.05, 0.1) is 19.0 Å². The minimum absolute atomic E-state index is 0. The summed E-state index contributed by atoms with van der Waals surface area (Å²) in [7, 11) is 0. The Morgan fingerprint density at radius 1 is 1.03 bits per heavy atom. The maximum atomic E-state index is 13.4. The van der Waals surface area contributed by atoms with Crippen molar-refractivity contribution in [3.05, 3.63) is 70.8 Å². The third kappa shape index (κ3) is 8.12.